The van der Waals surface area contributed by atoms with Crippen molar-refractivity contribution in [2.75, 3.05) is 11.9 Å². The summed E-state index contributed by atoms with van der Waals surface area (Å²) in [7, 11) is 0. The number of H-pyrrole nitrogens is 1. The summed E-state index contributed by atoms with van der Waals surface area (Å²) in [4.78, 5) is 28.4. The number of fused-ring (bicyclic) bond motifs is 1. The Kier molecular flexibility index (Phi) is 1.33. The highest BCUT2D eigenvalue weighted by atomic mass is 16.2. The molecule has 1 aliphatic heterocycles. The normalized spacial score (nSPS) is 16.0. The molecule has 2 amide bonds. The molecule has 2 heterocycles. The number of aromatic amines is 1. The van der Waals surface area contributed by atoms with E-state index >= 15 is 0 Å². The Balaban J connectivity index is 2.45. The summed E-state index contributed by atoms with van der Waals surface area (Å²) >= 11 is 0. The Bertz CT molecular complexity index is 343. The molecule has 1 aromatic rings. The lowest BCUT2D eigenvalue weighted by atomic mass is 10.4. The third-order valence-electron chi connectivity index (χ3n) is 1.53. The van der Waals surface area contributed by atoms with Gasteiger partial charge in [-0.3, -0.25) is 9.59 Å². The second-order valence-corrected chi connectivity index (χ2v) is 2.36. The van der Waals surface area contributed by atoms with Crippen LogP contribution in [0, 0.1) is 0 Å². The van der Waals surface area contributed by atoms with Gasteiger partial charge in [0.25, 0.3) is 5.91 Å². The zero-order valence-electron chi connectivity index (χ0n) is 6.05. The van der Waals surface area contributed by atoms with E-state index in [4.69, 9.17) is 0 Å². The lowest BCUT2D eigenvalue weighted by molar-refractivity contribution is -0.115. The minimum absolute atomic E-state index is 0.0109. The van der Waals surface area contributed by atoms with Crippen molar-refractivity contribution in [3.63, 3.8) is 0 Å². The van der Waals surface area contributed by atoms with Gasteiger partial charge in [0.15, 0.2) is 5.82 Å². The molecule has 6 nitrogen and oxygen atoms in total. The Hall–Kier alpha value is -1.85. The molecule has 0 spiro atoms. The Morgan fingerprint density at radius 2 is 2.25 bits per heavy atom. The summed E-state index contributed by atoms with van der Waals surface area (Å²) in [5, 5.41) is 4.88. The fraction of sp³-hybridized carbons (Fsp3) is 0.167. The zero-order valence-corrected chi connectivity index (χ0v) is 6.05. The second-order valence-electron chi connectivity index (χ2n) is 2.36. The highest BCUT2D eigenvalue weighted by molar-refractivity contribution is 6.06. The molecular weight excluding hydrogens is 160 g/mol. The first-order chi connectivity index (χ1) is 5.77. The fourth-order valence-electron chi connectivity index (χ4n) is 0.987. The Morgan fingerprint density at radius 1 is 1.42 bits per heavy atom. The Morgan fingerprint density at radius 3 is 3.08 bits per heavy atom. The van der Waals surface area contributed by atoms with Gasteiger partial charge < -0.3 is 15.6 Å². The number of rotatable bonds is 0. The molecule has 0 fully saturated rings. The summed E-state index contributed by atoms with van der Waals surface area (Å²) in [5.41, 5.74) is 0.292. The van der Waals surface area contributed by atoms with Gasteiger partial charge in [-0.1, -0.05) is 0 Å². The molecule has 3 N–H and O–H groups in total. The highest BCUT2D eigenvalue weighted by Gasteiger charge is 2.20. The molecule has 0 unspecified atom stereocenters. The van der Waals surface area contributed by atoms with E-state index < -0.39 is 0 Å². The molecule has 0 saturated carbocycles. The predicted molar refractivity (Wildman–Crippen MR) is 39.6 cm³/mol. The van der Waals surface area contributed by atoms with Crippen molar-refractivity contribution < 1.29 is 9.59 Å². The van der Waals surface area contributed by atoms with E-state index in [2.05, 4.69) is 20.6 Å². The summed E-state index contributed by atoms with van der Waals surface area (Å²) in [6.07, 6.45) is 1.36. The van der Waals surface area contributed by atoms with E-state index in [9.17, 15) is 9.59 Å². The quantitative estimate of drug-likeness (QED) is 0.466. The average molecular weight is 166 g/mol. The maximum Gasteiger partial charge on any atom is 0.272 e. The van der Waals surface area contributed by atoms with Gasteiger partial charge in [-0.25, -0.2) is 4.98 Å². The summed E-state index contributed by atoms with van der Waals surface area (Å²) in [5.74, 6) is -0.301. The third kappa shape index (κ3) is 0.931. The first kappa shape index (κ1) is 6.84. The maximum atomic E-state index is 11.1. The lowest BCUT2D eigenvalue weighted by Crippen LogP contribution is -2.28. The zero-order chi connectivity index (χ0) is 8.55. The van der Waals surface area contributed by atoms with Gasteiger partial charge in [-0.2, -0.15) is 0 Å². The molecular formula is C6H6N4O2. The smallest absolute Gasteiger partial charge is 0.272 e. The molecule has 1 aromatic heterocycles. The SMILES string of the molecule is O=C1CNC(=O)c2[nH]cnc2N1. The van der Waals surface area contributed by atoms with Crippen molar-refractivity contribution in [2.45, 2.75) is 0 Å². The molecule has 0 radical (unpaired) electrons. The number of nitrogens with one attached hydrogen (secondary N) is 3. The Labute approximate surface area is 67.4 Å². The topological polar surface area (TPSA) is 86.9 Å². The van der Waals surface area contributed by atoms with Crippen molar-refractivity contribution >= 4 is 17.6 Å². The molecule has 62 valence electrons. The van der Waals surface area contributed by atoms with Crippen molar-refractivity contribution in [1.29, 1.82) is 0 Å². The van der Waals surface area contributed by atoms with Crippen LogP contribution < -0.4 is 10.6 Å². The second kappa shape index (κ2) is 2.33. The van der Waals surface area contributed by atoms with Crippen LogP contribution in [0.25, 0.3) is 0 Å². The number of aromatic nitrogens is 2. The van der Waals surface area contributed by atoms with Gasteiger partial charge in [0.2, 0.25) is 5.91 Å². The number of nitrogens with zero attached hydrogens (tertiary/aromatic N) is 1. The van der Waals surface area contributed by atoms with Gasteiger partial charge >= 0.3 is 0 Å². The molecule has 0 aromatic carbocycles. The van der Waals surface area contributed by atoms with Crippen LogP contribution in [0.1, 0.15) is 10.5 Å². The minimum Gasteiger partial charge on any atom is -0.342 e. The molecule has 0 aliphatic carbocycles. The first-order valence-corrected chi connectivity index (χ1v) is 3.39. The molecule has 6 heteroatoms. The summed E-state index contributed by atoms with van der Waals surface area (Å²) in [6.45, 7) is -0.0109. The van der Waals surface area contributed by atoms with Gasteiger partial charge in [0, 0.05) is 0 Å². The molecule has 2 rings (SSSR count). The van der Waals surface area contributed by atoms with E-state index in [1.165, 1.54) is 6.33 Å². The van der Waals surface area contributed by atoms with Crippen LogP contribution in [-0.4, -0.2) is 28.3 Å². The summed E-state index contributed by atoms with van der Waals surface area (Å²) < 4.78 is 0. The van der Waals surface area contributed by atoms with Crippen LogP contribution in [0.2, 0.25) is 0 Å². The highest BCUT2D eigenvalue weighted by Crippen LogP contribution is 2.10. The van der Waals surface area contributed by atoms with Gasteiger partial charge in [-0.15, -0.1) is 0 Å². The molecule has 0 bridgehead atoms. The van der Waals surface area contributed by atoms with E-state index in [0.29, 0.717) is 5.69 Å². The molecule has 0 saturated heterocycles. The minimum atomic E-state index is -0.319. The van der Waals surface area contributed by atoms with Crippen LogP contribution in [0.4, 0.5) is 5.82 Å². The predicted octanol–water partition coefficient (Wildman–Crippen LogP) is -0.908. The van der Waals surface area contributed by atoms with Crippen LogP contribution in [0.3, 0.4) is 0 Å². The van der Waals surface area contributed by atoms with Crippen LogP contribution in [0.15, 0.2) is 6.33 Å². The number of anilines is 1. The molecule has 1 aliphatic rings. The third-order valence-corrected chi connectivity index (χ3v) is 1.53. The van der Waals surface area contributed by atoms with E-state index in [0.717, 1.165) is 0 Å². The van der Waals surface area contributed by atoms with E-state index in [-0.39, 0.29) is 24.2 Å². The number of carbonyl (C=O) groups is 2. The first-order valence-electron chi connectivity index (χ1n) is 3.39. The van der Waals surface area contributed by atoms with E-state index in [1.54, 1.807) is 0 Å². The molecule has 0 atom stereocenters. The standard InChI is InChI=1S/C6H6N4O2/c11-3-1-7-6(12)4-5(10-3)9-2-8-4/h2H,1H2,(H,7,12)(H,8,9)(H,10,11). The largest absolute Gasteiger partial charge is 0.342 e. The summed E-state index contributed by atoms with van der Waals surface area (Å²) in [6, 6.07) is 0. The lowest BCUT2D eigenvalue weighted by Gasteiger charge is -1.94. The number of amides is 2. The van der Waals surface area contributed by atoms with Crippen molar-refractivity contribution in [2.24, 2.45) is 0 Å². The van der Waals surface area contributed by atoms with Gasteiger partial charge in [0.1, 0.15) is 5.69 Å². The number of hydrogen-bond donors (Lipinski definition) is 3. The van der Waals surface area contributed by atoms with Crippen LogP contribution in [-0.2, 0) is 4.79 Å². The molecule has 12 heavy (non-hydrogen) atoms. The number of carbonyl (C=O) groups excluding carboxylic acids is 2. The monoisotopic (exact) mass is 166 g/mol. The van der Waals surface area contributed by atoms with E-state index in [1.807, 2.05) is 0 Å². The van der Waals surface area contributed by atoms with Gasteiger partial charge in [0.05, 0.1) is 12.9 Å². The fourth-order valence-corrected chi connectivity index (χ4v) is 0.987. The van der Waals surface area contributed by atoms with Crippen LogP contribution >= 0.6 is 0 Å². The van der Waals surface area contributed by atoms with Gasteiger partial charge in [-0.05, 0) is 0 Å². The maximum absolute atomic E-state index is 11.1. The van der Waals surface area contributed by atoms with Crippen molar-refractivity contribution in [1.82, 2.24) is 15.3 Å². The van der Waals surface area contributed by atoms with Crippen molar-refractivity contribution in [3.05, 3.63) is 12.0 Å². The van der Waals surface area contributed by atoms with Crippen LogP contribution in [0.5, 0.6) is 0 Å². The number of imidazole rings is 1. The number of hydrogen-bond acceptors (Lipinski definition) is 3. The van der Waals surface area contributed by atoms with Crippen molar-refractivity contribution in [3.8, 4) is 0 Å². The average Bonchev–Trinajstić information content (AvgIpc) is 2.44.